The molecule has 0 radical (unpaired) electrons. The number of nitriles is 1. The predicted molar refractivity (Wildman–Crippen MR) is 128 cm³/mol. The summed E-state index contributed by atoms with van der Waals surface area (Å²) < 4.78 is 39.1. The molecule has 3 fully saturated rings. The molecule has 5 rings (SSSR count). The third-order valence-corrected chi connectivity index (χ3v) is 8.34. The minimum Gasteiger partial charge on any atom is -0.340 e. The third-order valence-electron chi connectivity index (χ3n) is 7.20. The average molecular weight is 479 g/mol. The lowest BCUT2D eigenvalue weighted by Gasteiger charge is -2.41. The number of benzene rings is 2. The predicted octanol–water partition coefficient (Wildman–Crippen LogP) is 4.25. The second kappa shape index (κ2) is 9.60. The Labute approximate surface area is 200 Å². The van der Waals surface area contributed by atoms with Crippen molar-refractivity contribution in [1.82, 2.24) is 5.32 Å². The van der Waals surface area contributed by atoms with Gasteiger partial charge in [0, 0.05) is 24.2 Å². The number of nitrogens with zero attached hydrogens (tertiary/aromatic N) is 1. The van der Waals surface area contributed by atoms with Gasteiger partial charge in [-0.1, -0.05) is 37.0 Å². The van der Waals surface area contributed by atoms with Gasteiger partial charge in [0.2, 0.25) is 5.91 Å². The Bertz CT molecular complexity index is 1300. The first kappa shape index (κ1) is 24.0. The Kier molecular flexibility index (Phi) is 6.77. The number of hydrogen-bond acceptors (Lipinski definition) is 4. The van der Waals surface area contributed by atoms with Crippen LogP contribution in [0.5, 0.6) is 0 Å². The Morgan fingerprint density at radius 3 is 2.41 bits per heavy atom. The molecule has 1 amide bonds. The third kappa shape index (κ3) is 5.00. The van der Waals surface area contributed by atoms with Gasteiger partial charge in [0.1, 0.15) is 11.9 Å². The summed E-state index contributed by atoms with van der Waals surface area (Å²) in [6, 6.07) is 10.4. The van der Waals surface area contributed by atoms with Crippen LogP contribution in [0.3, 0.4) is 0 Å². The lowest BCUT2D eigenvalue weighted by atomic mass is 9.64. The van der Waals surface area contributed by atoms with Crippen molar-refractivity contribution in [2.75, 3.05) is 6.26 Å². The Morgan fingerprint density at radius 2 is 1.85 bits per heavy atom. The van der Waals surface area contributed by atoms with Crippen molar-refractivity contribution in [2.45, 2.75) is 49.5 Å². The van der Waals surface area contributed by atoms with E-state index in [4.69, 9.17) is 6.42 Å². The van der Waals surface area contributed by atoms with Crippen LogP contribution in [0.1, 0.15) is 43.2 Å². The molecular formula is C27H27FN2O3S. The van der Waals surface area contributed by atoms with Gasteiger partial charge in [-0.15, -0.1) is 6.42 Å². The fourth-order valence-corrected chi connectivity index (χ4v) is 6.21. The summed E-state index contributed by atoms with van der Waals surface area (Å²) in [6.07, 6.45) is 11.9. The van der Waals surface area contributed by atoms with E-state index in [2.05, 4.69) is 17.3 Å². The molecule has 1 N–H and O–H groups in total. The highest BCUT2D eigenvalue weighted by atomic mass is 32.2. The van der Waals surface area contributed by atoms with Crippen LogP contribution in [-0.4, -0.2) is 26.6 Å². The maximum atomic E-state index is 15.0. The van der Waals surface area contributed by atoms with E-state index in [0.29, 0.717) is 28.5 Å². The zero-order valence-corrected chi connectivity index (χ0v) is 19.9. The molecule has 5 nitrogen and oxygen atoms in total. The number of halogens is 1. The smallest absolute Gasteiger partial charge is 0.224 e. The lowest BCUT2D eigenvalue weighted by Crippen LogP contribution is -2.45. The molecule has 0 spiro atoms. The molecule has 0 aromatic heterocycles. The van der Waals surface area contributed by atoms with E-state index in [1.807, 2.05) is 0 Å². The van der Waals surface area contributed by atoms with E-state index < -0.39 is 21.7 Å². The molecule has 2 aromatic rings. The molecule has 7 heteroatoms. The molecule has 3 aliphatic rings. The highest BCUT2D eigenvalue weighted by molar-refractivity contribution is 7.90. The fourth-order valence-electron chi connectivity index (χ4n) is 5.35. The van der Waals surface area contributed by atoms with Crippen molar-refractivity contribution in [3.63, 3.8) is 0 Å². The van der Waals surface area contributed by atoms with Crippen molar-refractivity contribution in [3.8, 4) is 29.5 Å². The van der Waals surface area contributed by atoms with Crippen molar-refractivity contribution >= 4 is 15.7 Å². The Balaban J connectivity index is 1.49. The van der Waals surface area contributed by atoms with Crippen molar-refractivity contribution in [1.29, 1.82) is 5.26 Å². The normalized spacial score (nSPS) is 22.4. The molecule has 0 saturated heterocycles. The number of amides is 1. The van der Waals surface area contributed by atoms with Gasteiger partial charge in [0.25, 0.3) is 0 Å². The topological polar surface area (TPSA) is 87.0 Å². The SMILES string of the molecule is C#Cc1ccc(-c2ccc(C[C@@H](C#N)NC(=O)[C@H]3CC4CCC3CC4)c(F)c2)cc1S(C)(=O)=O. The van der Waals surface area contributed by atoms with Crippen LogP contribution in [0.25, 0.3) is 11.1 Å². The average Bonchev–Trinajstić information content (AvgIpc) is 2.84. The van der Waals surface area contributed by atoms with Gasteiger partial charge in [-0.2, -0.15) is 5.26 Å². The second-order valence-electron chi connectivity index (χ2n) is 9.45. The number of fused-ring (bicyclic) bond motifs is 3. The van der Waals surface area contributed by atoms with Crippen molar-refractivity contribution < 1.29 is 17.6 Å². The summed E-state index contributed by atoms with van der Waals surface area (Å²) in [5, 5.41) is 12.4. The van der Waals surface area contributed by atoms with Crippen molar-refractivity contribution in [3.05, 3.63) is 53.3 Å². The molecule has 2 aromatic carbocycles. The monoisotopic (exact) mass is 478 g/mol. The maximum Gasteiger partial charge on any atom is 0.224 e. The molecular weight excluding hydrogens is 451 g/mol. The quantitative estimate of drug-likeness (QED) is 0.629. The van der Waals surface area contributed by atoms with Crippen LogP contribution in [-0.2, 0) is 21.1 Å². The summed E-state index contributed by atoms with van der Waals surface area (Å²) in [5.41, 5.74) is 1.57. The number of hydrogen-bond donors (Lipinski definition) is 1. The first-order chi connectivity index (χ1) is 16.2. The number of rotatable bonds is 6. The summed E-state index contributed by atoms with van der Waals surface area (Å²) in [7, 11) is -3.55. The highest BCUT2D eigenvalue weighted by Crippen LogP contribution is 2.45. The molecule has 3 aliphatic carbocycles. The fraction of sp³-hybridized carbons (Fsp3) is 0.407. The number of nitrogens with one attached hydrogen (secondary N) is 1. The second-order valence-corrected chi connectivity index (χ2v) is 11.4. The summed E-state index contributed by atoms with van der Waals surface area (Å²) in [5.74, 6) is 2.68. The standard InChI is InChI=1S/C27H27FN2O3S/c1-3-18-8-9-21(15-26(18)34(2,32)33)20-10-11-22(25(28)14-20)13-23(16-29)30-27(31)24-12-17-4-6-19(24)7-5-17/h1,8-11,14-15,17,19,23-24H,4-7,12-13H2,2H3,(H,30,31)/t17?,19?,23-,24-/m0/s1. The molecule has 176 valence electrons. The molecule has 3 saturated carbocycles. The van der Waals surface area contributed by atoms with E-state index >= 15 is 0 Å². The van der Waals surface area contributed by atoms with Gasteiger partial charge < -0.3 is 5.32 Å². The Hall–Kier alpha value is -3.16. The van der Waals surface area contributed by atoms with Gasteiger partial charge in [-0.3, -0.25) is 4.79 Å². The molecule has 34 heavy (non-hydrogen) atoms. The zero-order valence-electron chi connectivity index (χ0n) is 19.1. The van der Waals surface area contributed by atoms with Crippen molar-refractivity contribution in [2.24, 2.45) is 17.8 Å². The summed E-state index contributed by atoms with van der Waals surface area (Å²) in [4.78, 5) is 12.8. The van der Waals surface area contributed by atoms with Gasteiger partial charge in [-0.25, -0.2) is 12.8 Å². The molecule has 0 unspecified atom stereocenters. The number of carbonyl (C=O) groups is 1. The Morgan fingerprint density at radius 1 is 1.18 bits per heavy atom. The molecule has 2 atom stereocenters. The van der Waals surface area contributed by atoms with Crippen LogP contribution in [0, 0.1) is 47.2 Å². The van der Waals surface area contributed by atoms with E-state index in [-0.39, 0.29) is 28.7 Å². The molecule has 0 heterocycles. The minimum absolute atomic E-state index is 0.0145. The van der Waals surface area contributed by atoms with Crippen LogP contribution >= 0.6 is 0 Å². The lowest BCUT2D eigenvalue weighted by molar-refractivity contribution is -0.130. The minimum atomic E-state index is -3.55. The summed E-state index contributed by atoms with van der Waals surface area (Å²) >= 11 is 0. The molecule has 0 aliphatic heterocycles. The zero-order chi connectivity index (χ0) is 24.5. The molecule has 2 bridgehead atoms. The van der Waals surface area contributed by atoms with E-state index in [1.54, 1.807) is 18.2 Å². The van der Waals surface area contributed by atoms with E-state index in [9.17, 15) is 22.9 Å². The number of sulfone groups is 1. The van der Waals surface area contributed by atoms with Crippen LogP contribution in [0.15, 0.2) is 41.3 Å². The first-order valence-corrected chi connectivity index (χ1v) is 13.4. The van der Waals surface area contributed by atoms with Gasteiger partial charge >= 0.3 is 0 Å². The number of terminal acetylenes is 1. The highest BCUT2D eigenvalue weighted by Gasteiger charge is 2.39. The van der Waals surface area contributed by atoms with Gasteiger partial charge in [0.15, 0.2) is 9.84 Å². The van der Waals surface area contributed by atoms with Crippen LogP contribution in [0.2, 0.25) is 0 Å². The first-order valence-electron chi connectivity index (χ1n) is 11.5. The van der Waals surface area contributed by atoms with E-state index in [1.165, 1.54) is 31.0 Å². The van der Waals surface area contributed by atoms with E-state index in [0.717, 1.165) is 25.5 Å². The van der Waals surface area contributed by atoms with Crippen LogP contribution in [0.4, 0.5) is 4.39 Å². The maximum absolute atomic E-state index is 15.0. The van der Waals surface area contributed by atoms with Gasteiger partial charge in [-0.05, 0) is 66.0 Å². The largest absolute Gasteiger partial charge is 0.340 e. The van der Waals surface area contributed by atoms with Crippen LogP contribution < -0.4 is 5.32 Å². The summed E-state index contributed by atoms with van der Waals surface area (Å²) in [6.45, 7) is 0. The number of carbonyl (C=O) groups excluding carboxylic acids is 1. The van der Waals surface area contributed by atoms with Gasteiger partial charge in [0.05, 0.1) is 11.0 Å².